The molecule has 0 unspecified atom stereocenters. The van der Waals surface area contributed by atoms with Gasteiger partial charge in [0.1, 0.15) is 0 Å². The van der Waals surface area contributed by atoms with Crippen molar-refractivity contribution in [3.05, 3.63) is 18.5 Å². The fourth-order valence-corrected chi connectivity index (χ4v) is 3.42. The monoisotopic (exact) mass is 531 g/mol. The van der Waals surface area contributed by atoms with Gasteiger partial charge < -0.3 is 19.9 Å². The molecule has 1 aliphatic carbocycles. The van der Waals surface area contributed by atoms with Gasteiger partial charge in [0.05, 0.1) is 6.61 Å². The molecular formula is C21H38IN7O. The van der Waals surface area contributed by atoms with E-state index in [0.29, 0.717) is 0 Å². The fourth-order valence-electron chi connectivity index (χ4n) is 3.42. The molecule has 0 spiro atoms. The van der Waals surface area contributed by atoms with E-state index in [-0.39, 0.29) is 24.0 Å². The summed E-state index contributed by atoms with van der Waals surface area (Å²) in [5.41, 5.74) is 0. The lowest BCUT2D eigenvalue weighted by Gasteiger charge is -2.34. The molecule has 9 heteroatoms. The maximum atomic E-state index is 5.76. The van der Waals surface area contributed by atoms with Crippen LogP contribution in [0.4, 0.5) is 5.95 Å². The Kier molecular flexibility index (Phi) is 11.7. The molecule has 0 amide bonds. The van der Waals surface area contributed by atoms with Gasteiger partial charge in [-0.15, -0.1) is 24.0 Å². The zero-order chi connectivity index (χ0) is 20.3. The number of aromatic nitrogens is 2. The predicted octanol–water partition coefficient (Wildman–Crippen LogP) is 1.93. The first kappa shape index (κ1) is 25.1. The van der Waals surface area contributed by atoms with E-state index in [1.807, 2.05) is 18.5 Å². The van der Waals surface area contributed by atoms with Crippen LogP contribution in [-0.2, 0) is 4.74 Å². The van der Waals surface area contributed by atoms with Gasteiger partial charge in [-0.1, -0.05) is 0 Å². The van der Waals surface area contributed by atoms with E-state index < -0.39 is 0 Å². The molecule has 3 rings (SSSR count). The van der Waals surface area contributed by atoms with Crippen molar-refractivity contribution in [3.8, 4) is 0 Å². The zero-order valence-corrected chi connectivity index (χ0v) is 20.8. The van der Waals surface area contributed by atoms with Gasteiger partial charge in [-0.25, -0.2) is 9.97 Å². The van der Waals surface area contributed by atoms with Gasteiger partial charge in [0.2, 0.25) is 5.95 Å². The third kappa shape index (κ3) is 8.89. The van der Waals surface area contributed by atoms with Crippen LogP contribution in [0.1, 0.15) is 26.2 Å². The molecule has 1 aromatic rings. The second-order valence-corrected chi connectivity index (χ2v) is 7.91. The van der Waals surface area contributed by atoms with Gasteiger partial charge in [0, 0.05) is 78.4 Å². The fraction of sp³-hybridized carbons (Fsp3) is 0.762. The Bertz CT molecular complexity index is 607. The lowest BCUT2D eigenvalue weighted by Crippen LogP contribution is -2.47. The van der Waals surface area contributed by atoms with Crippen LogP contribution in [0, 0.1) is 5.92 Å². The van der Waals surface area contributed by atoms with Gasteiger partial charge in [0.15, 0.2) is 5.96 Å². The standard InChI is InChI=1S/C21H37N7O.HI/c1-3-22-20(26(2)16-17-29-18-19-6-7-19)23-10-5-11-27-12-14-28(15-13-27)21-24-8-4-9-25-21;/h4,8-9,19H,3,5-7,10-18H2,1-2H3,(H,22,23);1H. The number of piperazine rings is 1. The first-order valence-electron chi connectivity index (χ1n) is 11.1. The zero-order valence-electron chi connectivity index (χ0n) is 18.5. The highest BCUT2D eigenvalue weighted by atomic mass is 127. The average molecular weight is 531 g/mol. The third-order valence-electron chi connectivity index (χ3n) is 5.42. The molecule has 1 aromatic heterocycles. The van der Waals surface area contributed by atoms with Gasteiger partial charge in [0.25, 0.3) is 0 Å². The summed E-state index contributed by atoms with van der Waals surface area (Å²) in [4.78, 5) is 20.5. The molecule has 30 heavy (non-hydrogen) atoms. The average Bonchev–Trinajstić information content (AvgIpc) is 3.59. The van der Waals surface area contributed by atoms with Crippen LogP contribution < -0.4 is 10.2 Å². The Morgan fingerprint density at radius 3 is 2.63 bits per heavy atom. The molecule has 0 atom stereocenters. The minimum Gasteiger partial charge on any atom is -0.379 e. The van der Waals surface area contributed by atoms with Crippen molar-refractivity contribution < 1.29 is 4.74 Å². The SMILES string of the molecule is CCNC(=NCCCN1CCN(c2ncccn2)CC1)N(C)CCOCC1CC1.I. The van der Waals surface area contributed by atoms with Gasteiger partial charge >= 0.3 is 0 Å². The number of hydrogen-bond acceptors (Lipinski definition) is 6. The van der Waals surface area contributed by atoms with E-state index in [2.05, 4.69) is 44.0 Å². The van der Waals surface area contributed by atoms with Gasteiger partial charge in [-0.3, -0.25) is 9.89 Å². The molecule has 0 radical (unpaired) electrons. The molecule has 0 bridgehead atoms. The molecule has 2 heterocycles. The minimum atomic E-state index is 0. The summed E-state index contributed by atoms with van der Waals surface area (Å²) < 4.78 is 5.76. The van der Waals surface area contributed by atoms with Crippen molar-refractivity contribution >= 4 is 35.9 Å². The highest BCUT2D eigenvalue weighted by Crippen LogP contribution is 2.28. The Hall–Kier alpha value is -1.20. The van der Waals surface area contributed by atoms with Crippen molar-refractivity contribution in [2.24, 2.45) is 10.9 Å². The third-order valence-corrected chi connectivity index (χ3v) is 5.42. The number of nitrogens with zero attached hydrogens (tertiary/aromatic N) is 6. The van der Waals surface area contributed by atoms with Crippen LogP contribution in [0.5, 0.6) is 0 Å². The van der Waals surface area contributed by atoms with E-state index in [1.54, 1.807) is 0 Å². The predicted molar refractivity (Wildman–Crippen MR) is 133 cm³/mol. The van der Waals surface area contributed by atoms with E-state index in [4.69, 9.17) is 9.73 Å². The van der Waals surface area contributed by atoms with Crippen molar-refractivity contribution in [2.45, 2.75) is 26.2 Å². The second-order valence-electron chi connectivity index (χ2n) is 7.91. The van der Waals surface area contributed by atoms with Gasteiger partial charge in [-0.2, -0.15) is 0 Å². The van der Waals surface area contributed by atoms with Crippen LogP contribution in [0.3, 0.4) is 0 Å². The van der Waals surface area contributed by atoms with Crippen molar-refractivity contribution in [2.75, 3.05) is 77.5 Å². The van der Waals surface area contributed by atoms with Crippen LogP contribution in [0.25, 0.3) is 0 Å². The number of likely N-dealkylation sites (N-methyl/N-ethyl adjacent to an activating group) is 1. The maximum Gasteiger partial charge on any atom is 0.225 e. The molecule has 170 valence electrons. The first-order chi connectivity index (χ1) is 14.3. The van der Waals surface area contributed by atoms with E-state index >= 15 is 0 Å². The molecule has 8 nitrogen and oxygen atoms in total. The van der Waals surface area contributed by atoms with Crippen molar-refractivity contribution in [1.29, 1.82) is 0 Å². The molecule has 1 saturated heterocycles. The van der Waals surface area contributed by atoms with E-state index in [0.717, 1.165) is 89.8 Å². The molecule has 1 aliphatic heterocycles. The van der Waals surface area contributed by atoms with Gasteiger partial charge in [-0.05, 0) is 38.2 Å². The summed E-state index contributed by atoms with van der Waals surface area (Å²) in [6.07, 6.45) is 7.38. The lowest BCUT2D eigenvalue weighted by molar-refractivity contribution is 0.115. The Balaban J connectivity index is 0.00000320. The first-order valence-corrected chi connectivity index (χ1v) is 11.1. The van der Waals surface area contributed by atoms with Crippen LogP contribution in [0.15, 0.2) is 23.5 Å². The number of guanidine groups is 1. The summed E-state index contributed by atoms with van der Waals surface area (Å²) in [5.74, 6) is 2.65. The normalized spacial score (nSPS) is 17.5. The summed E-state index contributed by atoms with van der Waals surface area (Å²) in [6, 6.07) is 1.86. The van der Waals surface area contributed by atoms with E-state index in [9.17, 15) is 0 Å². The van der Waals surface area contributed by atoms with Crippen LogP contribution >= 0.6 is 24.0 Å². The van der Waals surface area contributed by atoms with Crippen LogP contribution in [-0.4, -0.2) is 98.3 Å². The van der Waals surface area contributed by atoms with E-state index in [1.165, 1.54) is 12.8 Å². The summed E-state index contributed by atoms with van der Waals surface area (Å²) >= 11 is 0. The lowest BCUT2D eigenvalue weighted by atomic mass is 10.3. The number of halogens is 1. The number of nitrogens with one attached hydrogen (secondary N) is 1. The summed E-state index contributed by atoms with van der Waals surface area (Å²) in [5, 5.41) is 3.39. The largest absolute Gasteiger partial charge is 0.379 e. The smallest absolute Gasteiger partial charge is 0.225 e. The summed E-state index contributed by atoms with van der Waals surface area (Å²) in [6.45, 7) is 11.6. The number of ether oxygens (including phenoxy) is 1. The van der Waals surface area contributed by atoms with Crippen molar-refractivity contribution in [1.82, 2.24) is 25.1 Å². The van der Waals surface area contributed by atoms with Crippen LogP contribution in [0.2, 0.25) is 0 Å². The number of hydrogen-bond donors (Lipinski definition) is 1. The number of aliphatic imine (C=N–C) groups is 1. The second kappa shape index (κ2) is 14.0. The van der Waals surface area contributed by atoms with Crippen molar-refractivity contribution in [3.63, 3.8) is 0 Å². The molecule has 1 N–H and O–H groups in total. The quantitative estimate of drug-likeness (QED) is 0.203. The molecule has 2 aliphatic rings. The highest BCUT2D eigenvalue weighted by molar-refractivity contribution is 14.0. The number of anilines is 1. The molecular weight excluding hydrogens is 493 g/mol. The topological polar surface area (TPSA) is 69.1 Å². The minimum absolute atomic E-state index is 0. The molecule has 1 saturated carbocycles. The Morgan fingerprint density at radius 1 is 1.23 bits per heavy atom. The highest BCUT2D eigenvalue weighted by Gasteiger charge is 2.21. The Morgan fingerprint density at radius 2 is 1.97 bits per heavy atom. The Labute approximate surface area is 198 Å². The maximum absolute atomic E-state index is 5.76. The molecule has 2 fully saturated rings. The number of rotatable bonds is 11. The molecule has 0 aromatic carbocycles. The summed E-state index contributed by atoms with van der Waals surface area (Å²) in [7, 11) is 2.09.